The average molecular weight is 424 g/mol. The summed E-state index contributed by atoms with van der Waals surface area (Å²) in [4.78, 5) is 12.3. The maximum absolute atomic E-state index is 12.3. The van der Waals surface area contributed by atoms with Crippen molar-refractivity contribution >= 4 is 40.8 Å². The number of nitriles is 1. The van der Waals surface area contributed by atoms with Gasteiger partial charge >= 0.3 is 5.97 Å². The molecule has 3 rings (SSSR count). The molecule has 0 aliphatic heterocycles. The Morgan fingerprint density at radius 1 is 0.897 bits per heavy atom. The highest BCUT2D eigenvalue weighted by atomic mass is 35.5. The molecule has 4 nitrogen and oxygen atoms in total. The van der Waals surface area contributed by atoms with E-state index in [0.29, 0.717) is 26.9 Å². The lowest BCUT2D eigenvalue weighted by molar-refractivity contribution is 0.0729. The third-order valence-corrected chi connectivity index (χ3v) is 4.56. The maximum Gasteiger partial charge on any atom is 0.343 e. The van der Waals surface area contributed by atoms with Gasteiger partial charge < -0.3 is 9.47 Å². The second-order valence-corrected chi connectivity index (χ2v) is 6.86. The fraction of sp³-hybridized carbons (Fsp3) is 0.0435. The number of halogens is 2. The second kappa shape index (κ2) is 9.29. The molecule has 0 spiro atoms. The summed E-state index contributed by atoms with van der Waals surface area (Å²) in [6, 6.07) is 20.6. The summed E-state index contributed by atoms with van der Waals surface area (Å²) >= 11 is 11.7. The molecule has 0 heterocycles. The maximum atomic E-state index is 12.3. The quantitative estimate of drug-likeness (QED) is 0.209. The van der Waals surface area contributed by atoms with Crippen LogP contribution in [0.25, 0.3) is 11.6 Å². The Balaban J connectivity index is 1.86. The molecule has 0 saturated carbocycles. The van der Waals surface area contributed by atoms with Gasteiger partial charge in [-0.25, -0.2) is 4.79 Å². The fourth-order valence-electron chi connectivity index (χ4n) is 2.58. The normalized spacial score (nSPS) is 10.9. The van der Waals surface area contributed by atoms with Gasteiger partial charge in [0.2, 0.25) is 0 Å². The first kappa shape index (κ1) is 20.5. The highest BCUT2D eigenvalue weighted by Crippen LogP contribution is 2.31. The highest BCUT2D eigenvalue weighted by Gasteiger charge is 2.13. The lowest BCUT2D eigenvalue weighted by Crippen LogP contribution is -2.09. The molecule has 0 saturated heterocycles. The van der Waals surface area contributed by atoms with E-state index < -0.39 is 5.97 Å². The van der Waals surface area contributed by atoms with E-state index >= 15 is 0 Å². The Kier molecular flexibility index (Phi) is 6.56. The van der Waals surface area contributed by atoms with Gasteiger partial charge in [-0.15, -0.1) is 0 Å². The number of carbonyl (C=O) groups excluding carboxylic acids is 1. The average Bonchev–Trinajstić information content (AvgIpc) is 2.74. The first-order chi connectivity index (χ1) is 14.0. The minimum Gasteiger partial charge on any atom is -0.493 e. The van der Waals surface area contributed by atoms with Crippen LogP contribution in [0.1, 0.15) is 21.5 Å². The molecule has 0 radical (unpaired) electrons. The van der Waals surface area contributed by atoms with Crippen molar-refractivity contribution in [3.63, 3.8) is 0 Å². The van der Waals surface area contributed by atoms with Crippen molar-refractivity contribution in [2.45, 2.75) is 0 Å². The standard InChI is InChI=1S/C23H15Cl2NO3/c1-28-22-13-15(12-18(14-26)16-3-7-19(24)8-4-16)2-11-21(22)29-23(27)17-5-9-20(25)10-6-17/h2-13H,1H3/b18-12-. The van der Waals surface area contributed by atoms with Crippen molar-refractivity contribution < 1.29 is 14.3 Å². The van der Waals surface area contributed by atoms with Crippen LogP contribution in [0.4, 0.5) is 0 Å². The molecular formula is C23H15Cl2NO3. The van der Waals surface area contributed by atoms with Crippen molar-refractivity contribution in [3.05, 3.63) is 93.5 Å². The fourth-order valence-corrected chi connectivity index (χ4v) is 2.83. The Morgan fingerprint density at radius 2 is 1.48 bits per heavy atom. The smallest absolute Gasteiger partial charge is 0.343 e. The molecule has 0 N–H and O–H groups in total. The van der Waals surface area contributed by atoms with E-state index in [2.05, 4.69) is 6.07 Å². The van der Waals surface area contributed by atoms with Crippen molar-refractivity contribution in [3.8, 4) is 17.6 Å². The molecule has 144 valence electrons. The molecule has 3 aromatic carbocycles. The van der Waals surface area contributed by atoms with Crippen LogP contribution in [0.5, 0.6) is 11.5 Å². The molecule has 0 aliphatic rings. The number of rotatable bonds is 5. The summed E-state index contributed by atoms with van der Waals surface area (Å²) in [5.41, 5.74) is 2.30. The largest absolute Gasteiger partial charge is 0.493 e. The van der Waals surface area contributed by atoms with Gasteiger partial charge in [0.05, 0.1) is 24.3 Å². The van der Waals surface area contributed by atoms with Gasteiger partial charge in [-0.1, -0.05) is 41.4 Å². The summed E-state index contributed by atoms with van der Waals surface area (Å²) in [5.74, 6) is 0.117. The van der Waals surface area contributed by atoms with E-state index in [-0.39, 0.29) is 5.75 Å². The zero-order valence-electron chi connectivity index (χ0n) is 15.4. The third kappa shape index (κ3) is 5.17. The summed E-state index contributed by atoms with van der Waals surface area (Å²) in [5, 5.41) is 10.6. The summed E-state index contributed by atoms with van der Waals surface area (Å²) < 4.78 is 10.8. The number of carbonyl (C=O) groups is 1. The third-order valence-electron chi connectivity index (χ3n) is 4.06. The number of allylic oxidation sites excluding steroid dienone is 1. The second-order valence-electron chi connectivity index (χ2n) is 5.98. The highest BCUT2D eigenvalue weighted by molar-refractivity contribution is 6.30. The number of benzene rings is 3. The molecule has 6 heteroatoms. The van der Waals surface area contributed by atoms with E-state index in [0.717, 1.165) is 11.1 Å². The molecule has 0 aliphatic carbocycles. The van der Waals surface area contributed by atoms with Gasteiger partial charge in [-0.3, -0.25) is 0 Å². The van der Waals surface area contributed by atoms with Gasteiger partial charge in [0, 0.05) is 10.0 Å². The van der Waals surface area contributed by atoms with Crippen LogP contribution in [-0.2, 0) is 0 Å². The minimum atomic E-state index is -0.526. The van der Waals surface area contributed by atoms with E-state index in [1.807, 2.05) is 0 Å². The SMILES string of the molecule is COc1cc(/C=C(/C#N)c2ccc(Cl)cc2)ccc1OC(=O)c1ccc(Cl)cc1. The molecule has 3 aromatic rings. The number of methoxy groups -OCH3 is 1. The number of nitrogens with zero attached hydrogens (tertiary/aromatic N) is 1. The Hall–Kier alpha value is -3.26. The van der Waals surface area contributed by atoms with Crippen LogP contribution in [0.2, 0.25) is 10.0 Å². The number of ether oxygens (including phenoxy) is 2. The first-order valence-electron chi connectivity index (χ1n) is 8.53. The summed E-state index contributed by atoms with van der Waals surface area (Å²) in [6.07, 6.45) is 1.72. The van der Waals surface area contributed by atoms with Crippen molar-refractivity contribution in [2.24, 2.45) is 0 Å². The number of esters is 1. The van der Waals surface area contributed by atoms with Gasteiger partial charge in [0.1, 0.15) is 0 Å². The lowest BCUT2D eigenvalue weighted by atomic mass is 10.0. The van der Waals surface area contributed by atoms with Gasteiger partial charge in [-0.2, -0.15) is 5.26 Å². The van der Waals surface area contributed by atoms with E-state index in [1.165, 1.54) is 7.11 Å². The zero-order chi connectivity index (χ0) is 20.8. The number of hydrogen-bond donors (Lipinski definition) is 0. The minimum absolute atomic E-state index is 0.273. The Bertz CT molecular complexity index is 1100. The molecular weight excluding hydrogens is 409 g/mol. The van der Waals surface area contributed by atoms with Gasteiger partial charge in [0.15, 0.2) is 11.5 Å². The van der Waals surface area contributed by atoms with Crippen LogP contribution in [0, 0.1) is 11.3 Å². The van der Waals surface area contributed by atoms with Crippen molar-refractivity contribution in [1.82, 2.24) is 0 Å². The Morgan fingerprint density at radius 3 is 2.03 bits per heavy atom. The van der Waals surface area contributed by atoms with Crippen molar-refractivity contribution in [1.29, 1.82) is 5.26 Å². The first-order valence-corrected chi connectivity index (χ1v) is 9.29. The van der Waals surface area contributed by atoms with Crippen LogP contribution in [-0.4, -0.2) is 13.1 Å². The van der Waals surface area contributed by atoms with Gasteiger partial charge in [-0.05, 0) is 65.7 Å². The molecule has 0 aromatic heterocycles. The lowest BCUT2D eigenvalue weighted by Gasteiger charge is -2.10. The van der Waals surface area contributed by atoms with E-state index in [1.54, 1.807) is 72.8 Å². The Labute approximate surface area is 178 Å². The summed E-state index contributed by atoms with van der Waals surface area (Å²) in [7, 11) is 1.48. The molecule has 0 bridgehead atoms. The van der Waals surface area contributed by atoms with Crippen LogP contribution in [0.15, 0.2) is 66.7 Å². The topological polar surface area (TPSA) is 59.3 Å². The summed E-state index contributed by atoms with van der Waals surface area (Å²) in [6.45, 7) is 0. The predicted octanol–water partition coefficient (Wildman–Crippen LogP) is 6.29. The number of hydrogen-bond acceptors (Lipinski definition) is 4. The monoisotopic (exact) mass is 423 g/mol. The van der Waals surface area contributed by atoms with E-state index in [4.69, 9.17) is 32.7 Å². The molecule has 0 unspecified atom stereocenters. The molecule has 0 fully saturated rings. The van der Waals surface area contributed by atoms with Crippen LogP contribution < -0.4 is 9.47 Å². The zero-order valence-corrected chi connectivity index (χ0v) is 16.9. The van der Waals surface area contributed by atoms with Gasteiger partial charge in [0.25, 0.3) is 0 Å². The molecule has 0 atom stereocenters. The van der Waals surface area contributed by atoms with Crippen molar-refractivity contribution in [2.75, 3.05) is 7.11 Å². The van der Waals surface area contributed by atoms with E-state index in [9.17, 15) is 10.1 Å². The predicted molar refractivity (Wildman–Crippen MR) is 114 cm³/mol. The van der Waals surface area contributed by atoms with Crippen LogP contribution in [0.3, 0.4) is 0 Å². The van der Waals surface area contributed by atoms with Crippen LogP contribution >= 0.6 is 23.2 Å². The molecule has 29 heavy (non-hydrogen) atoms. The molecule has 0 amide bonds.